The van der Waals surface area contributed by atoms with E-state index in [9.17, 15) is 12.8 Å². The molecule has 6 heteroatoms. The molecule has 0 spiro atoms. The van der Waals surface area contributed by atoms with Crippen molar-refractivity contribution in [3.05, 3.63) is 29.6 Å². The molecule has 1 aliphatic heterocycles. The molecule has 0 saturated carbocycles. The van der Waals surface area contributed by atoms with Crippen LogP contribution in [0, 0.1) is 18.7 Å². The lowest BCUT2D eigenvalue weighted by atomic mass is 9.93. The van der Waals surface area contributed by atoms with E-state index in [2.05, 4.69) is 0 Å². The van der Waals surface area contributed by atoms with Crippen molar-refractivity contribution in [2.75, 3.05) is 13.1 Å². The fourth-order valence-electron chi connectivity index (χ4n) is 2.57. The molecule has 1 aromatic rings. The van der Waals surface area contributed by atoms with Crippen molar-refractivity contribution >= 4 is 10.0 Å². The molecule has 1 heterocycles. The van der Waals surface area contributed by atoms with Crippen LogP contribution >= 0.6 is 0 Å². The lowest BCUT2D eigenvalue weighted by molar-refractivity contribution is 0.242. The van der Waals surface area contributed by atoms with Crippen molar-refractivity contribution in [2.24, 2.45) is 11.7 Å². The van der Waals surface area contributed by atoms with Crippen LogP contribution in [0.4, 0.5) is 4.39 Å². The van der Waals surface area contributed by atoms with Gasteiger partial charge in [-0.15, -0.1) is 0 Å². The molecule has 112 valence electrons. The molecular weight excluding hydrogens is 279 g/mol. The molecule has 1 saturated heterocycles. The number of aryl methyl sites for hydroxylation is 1. The maximum atomic E-state index is 13.8. The Morgan fingerprint density at radius 1 is 1.45 bits per heavy atom. The molecule has 0 amide bonds. The molecule has 0 bridgehead atoms. The summed E-state index contributed by atoms with van der Waals surface area (Å²) in [7, 11) is -3.78. The Kier molecular flexibility index (Phi) is 4.46. The molecule has 1 aromatic carbocycles. The molecule has 0 aromatic heterocycles. The predicted octanol–water partition coefficient (Wildman–Crippen LogP) is 1.88. The van der Waals surface area contributed by atoms with Crippen LogP contribution in [0.5, 0.6) is 0 Å². The van der Waals surface area contributed by atoms with Crippen molar-refractivity contribution in [1.29, 1.82) is 0 Å². The van der Waals surface area contributed by atoms with E-state index in [1.807, 2.05) is 6.92 Å². The van der Waals surface area contributed by atoms with E-state index in [1.54, 1.807) is 13.0 Å². The van der Waals surface area contributed by atoms with Gasteiger partial charge in [-0.3, -0.25) is 0 Å². The van der Waals surface area contributed by atoms with Crippen LogP contribution in [0.3, 0.4) is 0 Å². The third-order valence-corrected chi connectivity index (χ3v) is 5.75. The lowest BCUT2D eigenvalue weighted by Gasteiger charge is -2.33. The van der Waals surface area contributed by atoms with E-state index in [4.69, 9.17) is 5.73 Å². The smallest absolute Gasteiger partial charge is 0.246 e. The first kappa shape index (κ1) is 15.4. The average molecular weight is 300 g/mol. The fourth-order valence-corrected chi connectivity index (χ4v) is 4.25. The maximum Gasteiger partial charge on any atom is 0.246 e. The molecule has 1 aliphatic rings. The number of hydrogen-bond acceptors (Lipinski definition) is 3. The predicted molar refractivity (Wildman–Crippen MR) is 76.3 cm³/mol. The van der Waals surface area contributed by atoms with Crippen LogP contribution in [-0.4, -0.2) is 31.9 Å². The average Bonchev–Trinajstić information content (AvgIpc) is 2.41. The normalized spacial score (nSPS) is 22.7. The van der Waals surface area contributed by atoms with E-state index in [0.717, 1.165) is 18.4 Å². The van der Waals surface area contributed by atoms with Crippen LogP contribution in [0.2, 0.25) is 0 Å². The van der Waals surface area contributed by atoms with Crippen molar-refractivity contribution < 1.29 is 12.8 Å². The summed E-state index contributed by atoms with van der Waals surface area (Å²) < 4.78 is 40.4. The molecule has 1 fully saturated rings. The Bertz CT molecular complexity index is 587. The summed E-state index contributed by atoms with van der Waals surface area (Å²) in [5.41, 5.74) is 6.60. The topological polar surface area (TPSA) is 63.4 Å². The molecular formula is C14H21FN2O2S. The second kappa shape index (κ2) is 5.79. The van der Waals surface area contributed by atoms with Crippen molar-refractivity contribution in [3.8, 4) is 0 Å². The number of nitrogens with two attached hydrogens (primary N) is 1. The third-order valence-electron chi connectivity index (χ3n) is 3.87. The van der Waals surface area contributed by atoms with Gasteiger partial charge in [-0.1, -0.05) is 6.07 Å². The minimum Gasteiger partial charge on any atom is -0.328 e. The van der Waals surface area contributed by atoms with Gasteiger partial charge in [-0.2, -0.15) is 4.31 Å². The number of nitrogens with zero attached hydrogens (tertiary/aromatic N) is 1. The largest absolute Gasteiger partial charge is 0.328 e. The zero-order valence-electron chi connectivity index (χ0n) is 11.8. The van der Waals surface area contributed by atoms with E-state index in [1.165, 1.54) is 16.4 Å². The summed E-state index contributed by atoms with van der Waals surface area (Å²) in [6.45, 7) is 4.43. The first-order valence-electron chi connectivity index (χ1n) is 6.84. The van der Waals surface area contributed by atoms with Crippen LogP contribution in [0.25, 0.3) is 0 Å². The van der Waals surface area contributed by atoms with Gasteiger partial charge < -0.3 is 5.73 Å². The highest BCUT2D eigenvalue weighted by Gasteiger charge is 2.33. The van der Waals surface area contributed by atoms with E-state index in [-0.39, 0.29) is 16.9 Å². The van der Waals surface area contributed by atoms with Gasteiger partial charge in [0.2, 0.25) is 10.0 Å². The highest BCUT2D eigenvalue weighted by molar-refractivity contribution is 7.89. The second-order valence-corrected chi connectivity index (χ2v) is 7.46. The second-order valence-electron chi connectivity index (χ2n) is 5.56. The Balaban J connectivity index is 2.32. The maximum absolute atomic E-state index is 13.8. The van der Waals surface area contributed by atoms with Crippen molar-refractivity contribution in [3.63, 3.8) is 0 Å². The number of halogens is 1. The van der Waals surface area contributed by atoms with Crippen LogP contribution in [0.15, 0.2) is 23.1 Å². The number of piperidine rings is 1. The number of hydrogen-bond donors (Lipinski definition) is 1. The quantitative estimate of drug-likeness (QED) is 0.927. The SMILES string of the molecule is Cc1ccc(F)c(S(=O)(=O)N2CCC[C@H]([C@H](C)N)C2)c1. The molecule has 2 N–H and O–H groups in total. The van der Waals surface area contributed by atoms with Gasteiger partial charge in [-0.25, -0.2) is 12.8 Å². The molecule has 20 heavy (non-hydrogen) atoms. The standard InChI is InChI=1S/C14H21FN2O2S/c1-10-5-6-13(15)14(8-10)20(18,19)17-7-3-4-12(9-17)11(2)16/h5-6,8,11-12H,3-4,7,9,16H2,1-2H3/t11-,12-/m0/s1. The minimum absolute atomic E-state index is 0.0599. The summed E-state index contributed by atoms with van der Waals surface area (Å²) in [6, 6.07) is 4.10. The highest BCUT2D eigenvalue weighted by atomic mass is 32.2. The lowest BCUT2D eigenvalue weighted by Crippen LogP contribution is -2.45. The van der Waals surface area contributed by atoms with E-state index in [0.29, 0.717) is 13.1 Å². The van der Waals surface area contributed by atoms with Gasteiger partial charge in [0.1, 0.15) is 10.7 Å². The number of benzene rings is 1. The van der Waals surface area contributed by atoms with Crippen LogP contribution in [0.1, 0.15) is 25.3 Å². The van der Waals surface area contributed by atoms with Gasteiger partial charge in [0.25, 0.3) is 0 Å². The van der Waals surface area contributed by atoms with Crippen molar-refractivity contribution in [1.82, 2.24) is 4.31 Å². The molecule has 0 aliphatic carbocycles. The molecule has 0 radical (unpaired) electrons. The summed E-state index contributed by atoms with van der Waals surface area (Å²) in [5.74, 6) is -0.565. The summed E-state index contributed by atoms with van der Waals surface area (Å²) in [5, 5.41) is 0. The summed E-state index contributed by atoms with van der Waals surface area (Å²) >= 11 is 0. The zero-order valence-corrected chi connectivity index (χ0v) is 12.7. The van der Waals surface area contributed by atoms with Gasteiger partial charge in [0.05, 0.1) is 0 Å². The monoisotopic (exact) mass is 300 g/mol. The first-order valence-corrected chi connectivity index (χ1v) is 8.28. The van der Waals surface area contributed by atoms with Gasteiger partial charge in [0, 0.05) is 19.1 Å². The number of sulfonamides is 1. The Morgan fingerprint density at radius 2 is 2.15 bits per heavy atom. The first-order chi connectivity index (χ1) is 9.32. The van der Waals surface area contributed by atoms with E-state index >= 15 is 0 Å². The molecule has 0 unspecified atom stereocenters. The minimum atomic E-state index is -3.78. The van der Waals surface area contributed by atoms with Crippen molar-refractivity contribution in [2.45, 2.75) is 37.6 Å². The molecule has 2 atom stereocenters. The van der Waals surface area contributed by atoms with Crippen LogP contribution in [-0.2, 0) is 10.0 Å². The Labute approximate surface area is 119 Å². The van der Waals surface area contributed by atoms with Gasteiger partial charge >= 0.3 is 0 Å². The summed E-state index contributed by atoms with van der Waals surface area (Å²) in [4.78, 5) is -0.233. The Hall–Kier alpha value is -0.980. The fraction of sp³-hybridized carbons (Fsp3) is 0.571. The summed E-state index contributed by atoms with van der Waals surface area (Å²) in [6.07, 6.45) is 1.68. The zero-order chi connectivity index (χ0) is 14.9. The van der Waals surface area contributed by atoms with Gasteiger partial charge in [-0.05, 0) is 50.3 Å². The van der Waals surface area contributed by atoms with Crippen LogP contribution < -0.4 is 5.73 Å². The number of rotatable bonds is 3. The van der Waals surface area contributed by atoms with E-state index < -0.39 is 15.8 Å². The highest BCUT2D eigenvalue weighted by Crippen LogP contribution is 2.26. The third kappa shape index (κ3) is 3.02. The molecule has 4 nitrogen and oxygen atoms in total. The molecule has 2 rings (SSSR count). The van der Waals surface area contributed by atoms with Gasteiger partial charge in [0.15, 0.2) is 0 Å². The Morgan fingerprint density at radius 3 is 2.80 bits per heavy atom.